The highest BCUT2D eigenvalue weighted by Gasteiger charge is 2.45. The number of halogens is 6. The molecular formula is C20H20F6N8O. The zero-order chi connectivity index (χ0) is 25.0. The lowest BCUT2D eigenvalue weighted by molar-refractivity contribution is -0.148. The Kier molecular flexibility index (Phi) is 5.41. The maximum atomic E-state index is 13.4. The Bertz CT molecular complexity index is 1260. The average Bonchev–Trinajstić information content (AvgIpc) is 3.29. The molecule has 35 heavy (non-hydrogen) atoms. The van der Waals surface area contributed by atoms with E-state index in [1.54, 1.807) is 12.3 Å². The van der Waals surface area contributed by atoms with Crippen LogP contribution in [-0.4, -0.2) is 62.6 Å². The number of nitrogens with zero attached hydrogens (tertiary/aromatic N) is 6. The fraction of sp³-hybridized carbons (Fsp3) is 0.500. The summed E-state index contributed by atoms with van der Waals surface area (Å²) >= 11 is 0. The van der Waals surface area contributed by atoms with Gasteiger partial charge in [0, 0.05) is 44.0 Å². The van der Waals surface area contributed by atoms with Gasteiger partial charge in [-0.05, 0) is 18.9 Å². The quantitative estimate of drug-likeness (QED) is 0.534. The molecule has 2 N–H and O–H groups in total. The largest absolute Gasteiger partial charge is 0.437 e. The molecule has 2 aliphatic rings. The fourth-order valence-electron chi connectivity index (χ4n) is 4.19. The first-order valence-electron chi connectivity index (χ1n) is 10.8. The van der Waals surface area contributed by atoms with Gasteiger partial charge >= 0.3 is 12.4 Å². The summed E-state index contributed by atoms with van der Waals surface area (Å²) in [7, 11) is 0. The zero-order valence-electron chi connectivity index (χ0n) is 18.1. The lowest BCUT2D eigenvalue weighted by Crippen LogP contribution is -2.31. The molecule has 4 heterocycles. The third-order valence-electron chi connectivity index (χ3n) is 6.08. The summed E-state index contributed by atoms with van der Waals surface area (Å²) < 4.78 is 79.4. The number of fused-ring (bicyclic) bond motifs is 1. The number of hydrogen-bond donors (Lipinski definition) is 2. The van der Waals surface area contributed by atoms with Gasteiger partial charge in [-0.2, -0.15) is 36.5 Å². The SMILES string of the molecule is O=C(Nc1cn(CC(F)(F)F)nc1C(F)(F)F)c1cnn2ccc(N3CCNCC4(CC4)C3)nc12. The minimum absolute atomic E-state index is 0.0893. The van der Waals surface area contributed by atoms with Crippen LogP contribution in [0.3, 0.4) is 0 Å². The first-order chi connectivity index (χ1) is 16.4. The molecule has 3 aromatic rings. The molecule has 3 aromatic heterocycles. The molecule has 0 radical (unpaired) electrons. The molecule has 15 heteroatoms. The molecule has 2 fully saturated rings. The lowest BCUT2D eigenvalue weighted by Gasteiger charge is -2.24. The second kappa shape index (κ2) is 8.10. The smallest absolute Gasteiger partial charge is 0.355 e. The van der Waals surface area contributed by atoms with Crippen LogP contribution in [0.4, 0.5) is 37.8 Å². The lowest BCUT2D eigenvalue weighted by atomic mass is 10.1. The molecule has 5 rings (SSSR count). The molecule has 9 nitrogen and oxygen atoms in total. The van der Waals surface area contributed by atoms with Crippen LogP contribution >= 0.6 is 0 Å². The highest BCUT2D eigenvalue weighted by atomic mass is 19.4. The van der Waals surface area contributed by atoms with Crippen LogP contribution in [0.15, 0.2) is 24.7 Å². The second-order valence-electron chi connectivity index (χ2n) is 8.87. The van der Waals surface area contributed by atoms with Crippen molar-refractivity contribution < 1.29 is 31.1 Å². The summed E-state index contributed by atoms with van der Waals surface area (Å²) in [5.41, 5.74) is -2.35. The van der Waals surface area contributed by atoms with E-state index in [0.29, 0.717) is 18.6 Å². The zero-order valence-corrected chi connectivity index (χ0v) is 18.1. The van der Waals surface area contributed by atoms with Crippen LogP contribution in [0, 0.1) is 5.41 Å². The van der Waals surface area contributed by atoms with Gasteiger partial charge in [-0.3, -0.25) is 9.48 Å². The molecule has 1 aliphatic carbocycles. The second-order valence-corrected chi connectivity index (χ2v) is 8.87. The van der Waals surface area contributed by atoms with Gasteiger partial charge in [0.2, 0.25) is 0 Å². The number of carbonyl (C=O) groups is 1. The Hall–Kier alpha value is -3.36. The van der Waals surface area contributed by atoms with E-state index in [0.717, 1.165) is 38.7 Å². The van der Waals surface area contributed by atoms with Crippen molar-refractivity contribution in [2.75, 3.05) is 36.4 Å². The Morgan fingerprint density at radius 3 is 2.66 bits per heavy atom. The monoisotopic (exact) mass is 502 g/mol. The molecule has 0 aromatic carbocycles. The van der Waals surface area contributed by atoms with Gasteiger partial charge in [0.15, 0.2) is 11.3 Å². The summed E-state index contributed by atoms with van der Waals surface area (Å²) in [5.74, 6) is -0.408. The van der Waals surface area contributed by atoms with Crippen LogP contribution in [0.25, 0.3) is 5.65 Å². The van der Waals surface area contributed by atoms with Gasteiger partial charge in [-0.25, -0.2) is 9.50 Å². The van der Waals surface area contributed by atoms with Crippen molar-refractivity contribution in [2.24, 2.45) is 5.41 Å². The predicted octanol–water partition coefficient (Wildman–Crippen LogP) is 2.95. The van der Waals surface area contributed by atoms with E-state index in [2.05, 4.69) is 25.4 Å². The first kappa shape index (κ1) is 23.4. The van der Waals surface area contributed by atoms with E-state index in [9.17, 15) is 31.1 Å². The van der Waals surface area contributed by atoms with Crippen LogP contribution < -0.4 is 15.5 Å². The fourth-order valence-corrected chi connectivity index (χ4v) is 4.19. The molecule has 1 amide bonds. The van der Waals surface area contributed by atoms with Gasteiger partial charge in [0.1, 0.15) is 17.9 Å². The molecule has 0 bridgehead atoms. The van der Waals surface area contributed by atoms with E-state index < -0.39 is 36.2 Å². The van der Waals surface area contributed by atoms with Crippen molar-refractivity contribution >= 4 is 23.1 Å². The highest BCUT2D eigenvalue weighted by molar-refractivity contribution is 6.08. The third kappa shape index (κ3) is 4.90. The molecule has 0 atom stereocenters. The van der Waals surface area contributed by atoms with Gasteiger partial charge in [0.05, 0.1) is 11.9 Å². The van der Waals surface area contributed by atoms with Crippen LogP contribution in [-0.2, 0) is 12.7 Å². The van der Waals surface area contributed by atoms with Crippen LogP contribution in [0.5, 0.6) is 0 Å². The molecular weight excluding hydrogens is 482 g/mol. The number of hydrogen-bond acceptors (Lipinski definition) is 6. The average molecular weight is 502 g/mol. The summed E-state index contributed by atoms with van der Waals surface area (Å²) in [6.07, 6.45) is -4.44. The number of nitrogens with one attached hydrogen (secondary N) is 2. The first-order valence-corrected chi connectivity index (χ1v) is 10.8. The summed E-state index contributed by atoms with van der Waals surface area (Å²) in [6.45, 7) is 1.40. The van der Waals surface area contributed by atoms with Gasteiger partial charge in [-0.15, -0.1) is 0 Å². The maximum absolute atomic E-state index is 13.4. The Morgan fingerprint density at radius 1 is 1.20 bits per heavy atom. The van der Waals surface area contributed by atoms with Gasteiger partial charge in [-0.1, -0.05) is 0 Å². The van der Waals surface area contributed by atoms with E-state index in [1.807, 2.05) is 5.32 Å². The minimum Gasteiger partial charge on any atom is -0.355 e. The van der Waals surface area contributed by atoms with Crippen LogP contribution in [0.1, 0.15) is 28.9 Å². The normalized spacial score (nSPS) is 18.2. The minimum atomic E-state index is -5.08. The number of anilines is 2. The van der Waals surface area contributed by atoms with Crippen molar-refractivity contribution in [3.8, 4) is 0 Å². The Balaban J connectivity index is 1.43. The topological polar surface area (TPSA) is 92.4 Å². The van der Waals surface area contributed by atoms with Crippen molar-refractivity contribution in [1.29, 1.82) is 0 Å². The summed E-state index contributed by atoms with van der Waals surface area (Å²) in [5, 5.41) is 12.4. The molecule has 1 spiro atoms. The van der Waals surface area contributed by atoms with Gasteiger partial charge in [0.25, 0.3) is 5.91 Å². The molecule has 0 unspecified atom stereocenters. The van der Waals surface area contributed by atoms with Crippen LogP contribution in [0.2, 0.25) is 0 Å². The van der Waals surface area contributed by atoms with Crippen molar-refractivity contribution in [3.63, 3.8) is 0 Å². The Morgan fingerprint density at radius 2 is 1.97 bits per heavy atom. The van der Waals surface area contributed by atoms with Gasteiger partial charge < -0.3 is 15.5 Å². The molecule has 1 saturated carbocycles. The van der Waals surface area contributed by atoms with E-state index >= 15 is 0 Å². The number of aromatic nitrogens is 5. The van der Waals surface area contributed by atoms with Crippen molar-refractivity contribution in [3.05, 3.63) is 35.9 Å². The third-order valence-corrected chi connectivity index (χ3v) is 6.08. The van der Waals surface area contributed by atoms with Crippen molar-refractivity contribution in [2.45, 2.75) is 31.7 Å². The standard InChI is InChI=1S/C20H20F6N8O/c21-19(22,23)11-33-8-13(15(31-33)20(24,25)26)29-17(35)12-7-28-34-5-1-14(30-16(12)34)32-6-4-27-9-18(10-32)2-3-18/h1,5,7-8,27H,2-4,6,9-11H2,(H,29,35). The van der Waals surface area contributed by atoms with E-state index in [1.165, 1.54) is 4.52 Å². The van der Waals surface area contributed by atoms with Crippen molar-refractivity contribution in [1.82, 2.24) is 29.7 Å². The van der Waals surface area contributed by atoms with E-state index in [-0.39, 0.29) is 21.3 Å². The van der Waals surface area contributed by atoms with E-state index in [4.69, 9.17) is 0 Å². The highest BCUT2D eigenvalue weighted by Crippen LogP contribution is 2.46. The summed E-state index contributed by atoms with van der Waals surface area (Å²) in [6, 6.07) is 1.74. The Labute approximate surface area is 194 Å². The predicted molar refractivity (Wildman–Crippen MR) is 111 cm³/mol. The molecule has 1 aliphatic heterocycles. The number of rotatable bonds is 4. The summed E-state index contributed by atoms with van der Waals surface area (Å²) in [4.78, 5) is 19.5. The molecule has 1 saturated heterocycles. The number of alkyl halides is 6. The molecule has 188 valence electrons. The number of amides is 1. The maximum Gasteiger partial charge on any atom is 0.437 e. The number of carbonyl (C=O) groups excluding carboxylic acids is 1.